The molecule has 0 spiro atoms. The molecule has 37 heteroatoms. The number of rotatable bonds is 17. The number of H-pyrrole nitrogens is 1. The fraction of sp³-hybridized carbons (Fsp3) is 0.550. The van der Waals surface area contributed by atoms with Crippen molar-refractivity contribution in [2.75, 3.05) is 18.9 Å². The second-order valence-corrected chi connectivity index (χ2v) is 19.3. The molecule has 3 aromatic heterocycles. The third-order valence-corrected chi connectivity index (χ3v) is 15.0. The van der Waals surface area contributed by atoms with E-state index in [1.807, 2.05) is 4.98 Å². The van der Waals surface area contributed by atoms with E-state index in [1.54, 1.807) is 0 Å². The van der Waals surface area contributed by atoms with E-state index in [4.69, 9.17) is 20.7 Å². The minimum atomic E-state index is -6.45. The van der Waals surface area contributed by atoms with Crippen molar-refractivity contribution in [3.05, 3.63) is 55.7 Å². The Morgan fingerprint density at radius 1 is 0.877 bits per heavy atom. The molecule has 32 nitrogen and oxygen atoms in total. The first-order valence-corrected chi connectivity index (χ1v) is 22.5. The molecule has 2 fully saturated rings. The summed E-state index contributed by atoms with van der Waals surface area (Å²) in [6.45, 7) is -0.905. The van der Waals surface area contributed by atoms with Gasteiger partial charge in [-0.1, -0.05) is 5.11 Å². The lowest BCUT2D eigenvalue weighted by molar-refractivity contribution is -0.0503. The maximum absolute atomic E-state index is 12.4. The molecule has 0 radical (unpaired) electrons. The number of imidazole rings is 1. The van der Waals surface area contributed by atoms with Gasteiger partial charge < -0.3 is 49.9 Å². The number of aryl methyl sites for hydroxylation is 1. The van der Waals surface area contributed by atoms with Crippen molar-refractivity contribution in [3.63, 3.8) is 0 Å². The van der Waals surface area contributed by atoms with Gasteiger partial charge in [-0.25, -0.2) is 42.6 Å². The number of nitrogen functional groups attached to an aromatic ring is 1. The number of azide groups is 1. The molecule has 0 aromatic carbocycles. The van der Waals surface area contributed by atoms with E-state index >= 15 is 0 Å². The zero-order valence-electron chi connectivity index (χ0n) is 28.0. The van der Waals surface area contributed by atoms with Gasteiger partial charge in [0, 0.05) is 23.1 Å². The third kappa shape index (κ3) is 11.1. The molecule has 0 saturated carbocycles. The number of aliphatic hydroxyl groups excluding tert-OH is 2. The molecular weight excluding hydrogens is 887 g/mol. The van der Waals surface area contributed by atoms with Gasteiger partial charge >= 0.3 is 44.8 Å². The Morgan fingerprint density at radius 3 is 2.02 bits per heavy atom. The Labute approximate surface area is 314 Å². The first kappa shape index (κ1) is 45.0. The molecule has 2 aliphatic heterocycles. The molecule has 5 unspecified atom stereocenters. The second kappa shape index (κ2) is 16.9. The van der Waals surface area contributed by atoms with E-state index in [1.165, 1.54) is 6.92 Å². The van der Waals surface area contributed by atoms with Crippen LogP contribution < -0.4 is 17.0 Å². The highest BCUT2D eigenvalue weighted by atomic mass is 31.3. The molecule has 2 saturated heterocycles. The lowest BCUT2D eigenvalue weighted by Gasteiger charge is -2.22. The molecule has 5 rings (SSSR count). The number of nitrogens with one attached hydrogen (secondary N) is 1. The number of hydrogen-bond donors (Lipinski definition) is 9. The highest BCUT2D eigenvalue weighted by Crippen LogP contribution is 2.73. The number of nitrogens with zero attached hydrogens (tertiary/aromatic N) is 8. The molecule has 0 bridgehead atoms. The predicted molar refractivity (Wildman–Crippen MR) is 179 cm³/mol. The number of fused-ring (bicyclic) bond motifs is 1. The normalized spacial score (nSPS) is 29.1. The SMILES string of the molecule is Cc1cn([C@H]2C[C@@H](N=[N+]=[N-])[C@@H](COP(=O)(O)OP(=O)(O)OP(=O)(O)OP(=O)(O)OP(=O)(O)OC[C@H]3O[C@H](n4cnc5c(N)ncnc54)[C@@H](O)[C@H]3O)O2)c(=O)[nH]c1=O. The lowest BCUT2D eigenvalue weighted by atomic mass is 10.1. The van der Waals surface area contributed by atoms with Gasteiger partial charge in [-0.2, -0.15) is 17.2 Å². The number of hydrogen-bond acceptors (Lipinski definition) is 22. The number of aromatic amines is 1. The Balaban J connectivity index is 1.14. The highest BCUT2D eigenvalue weighted by Gasteiger charge is 2.50. The van der Waals surface area contributed by atoms with Crippen LogP contribution in [0, 0.1) is 6.92 Å². The van der Waals surface area contributed by atoms with Crippen LogP contribution >= 0.6 is 39.1 Å². The first-order valence-electron chi connectivity index (χ1n) is 15.1. The molecule has 0 aliphatic carbocycles. The Kier molecular flexibility index (Phi) is 13.3. The smallest absolute Gasteiger partial charge is 0.387 e. The summed E-state index contributed by atoms with van der Waals surface area (Å²) in [5, 5.41) is 24.3. The lowest BCUT2D eigenvalue weighted by Crippen LogP contribution is -2.33. The van der Waals surface area contributed by atoms with Crippen LogP contribution in [-0.4, -0.2) is 107 Å². The van der Waals surface area contributed by atoms with Crippen LogP contribution in [0.15, 0.2) is 33.6 Å². The summed E-state index contributed by atoms with van der Waals surface area (Å²) in [7, 11) is -30.9. The minimum absolute atomic E-state index is 0.0422. The second-order valence-electron chi connectivity index (χ2n) is 11.5. The van der Waals surface area contributed by atoms with Crippen LogP contribution in [0.25, 0.3) is 21.6 Å². The van der Waals surface area contributed by atoms with Gasteiger partial charge in [0.15, 0.2) is 17.7 Å². The predicted octanol–water partition coefficient (Wildman–Crippen LogP) is -0.546. The minimum Gasteiger partial charge on any atom is -0.387 e. The number of phosphoric ester groups is 2. The van der Waals surface area contributed by atoms with E-state index in [9.17, 15) is 67.1 Å². The van der Waals surface area contributed by atoms with E-state index in [0.29, 0.717) is 0 Å². The zero-order valence-corrected chi connectivity index (χ0v) is 32.5. The fourth-order valence-electron chi connectivity index (χ4n) is 5.13. The van der Waals surface area contributed by atoms with Crippen molar-refractivity contribution in [2.45, 2.75) is 56.3 Å². The van der Waals surface area contributed by atoms with Gasteiger partial charge in [0.1, 0.15) is 36.4 Å². The van der Waals surface area contributed by atoms with E-state index < -0.39 is 106 Å². The average molecular weight is 916 g/mol. The van der Waals surface area contributed by atoms with E-state index in [0.717, 1.165) is 28.0 Å². The molecule has 0 amide bonds. The molecular formula is C20H29N10O22P5. The Bertz CT molecular complexity index is 2420. The third-order valence-electron chi connectivity index (χ3n) is 7.49. The molecule has 2 aliphatic rings. The van der Waals surface area contributed by atoms with Gasteiger partial charge in [0.05, 0.1) is 31.7 Å². The maximum atomic E-state index is 12.4. The average Bonchev–Trinajstić information content (AvgIpc) is 3.75. The van der Waals surface area contributed by atoms with Crippen molar-refractivity contribution >= 4 is 56.1 Å². The summed E-state index contributed by atoms with van der Waals surface area (Å²) in [5.41, 5.74) is 13.2. The quantitative estimate of drug-likeness (QED) is 0.0355. The summed E-state index contributed by atoms with van der Waals surface area (Å²) in [6.07, 6.45) is -6.38. The molecule has 5 heterocycles. The molecule has 12 atom stereocenters. The molecule has 3 aromatic rings. The number of phosphoric acid groups is 5. The monoisotopic (exact) mass is 916 g/mol. The highest BCUT2D eigenvalue weighted by molar-refractivity contribution is 7.71. The summed E-state index contributed by atoms with van der Waals surface area (Å²) in [4.78, 5) is 89.5. The molecule has 10 N–H and O–H groups in total. The van der Waals surface area contributed by atoms with Crippen LogP contribution in [0.2, 0.25) is 0 Å². The number of anilines is 1. The maximum Gasteiger partial charge on any atom is 0.490 e. The largest absolute Gasteiger partial charge is 0.490 e. The summed E-state index contributed by atoms with van der Waals surface area (Å²) >= 11 is 0. The van der Waals surface area contributed by atoms with Crippen molar-refractivity contribution in [2.24, 2.45) is 5.11 Å². The zero-order chi connectivity index (χ0) is 42.3. The van der Waals surface area contributed by atoms with Crippen LogP contribution in [0.3, 0.4) is 0 Å². The summed E-state index contributed by atoms with van der Waals surface area (Å²) in [5.74, 6) is -0.0422. The topological polar surface area (TPSA) is 474 Å². The molecule has 57 heavy (non-hydrogen) atoms. The van der Waals surface area contributed by atoms with Crippen molar-refractivity contribution in [3.8, 4) is 0 Å². The fourth-order valence-corrected chi connectivity index (χ4v) is 11.5. The van der Waals surface area contributed by atoms with Gasteiger partial charge in [0.25, 0.3) is 5.56 Å². The van der Waals surface area contributed by atoms with Crippen LogP contribution in [0.4, 0.5) is 5.82 Å². The van der Waals surface area contributed by atoms with Gasteiger partial charge in [-0.15, -0.1) is 0 Å². The summed E-state index contributed by atoms with van der Waals surface area (Å²) < 4.78 is 98.8. The Morgan fingerprint density at radius 2 is 1.44 bits per heavy atom. The van der Waals surface area contributed by atoms with E-state index in [-0.39, 0.29) is 29.0 Å². The van der Waals surface area contributed by atoms with Gasteiger partial charge in [-0.05, 0) is 12.5 Å². The van der Waals surface area contributed by atoms with Crippen molar-refractivity contribution < 1.29 is 93.3 Å². The summed E-state index contributed by atoms with van der Waals surface area (Å²) in [6, 6.07) is -1.22. The van der Waals surface area contributed by atoms with E-state index in [2.05, 4.69) is 51.3 Å². The molecule has 316 valence electrons. The Hall–Kier alpha value is -3.11. The standard InChI is InChI=1S/C20H29N10O22P5/c1-8-3-29(20(34)26-18(8)33)12-2-9(27-28-22)10(47-12)4-45-53(35,36)49-55(39,40)51-57(43,44)52-56(41,42)50-54(37,38)46-5-11-14(31)15(32)19(48-11)30-7-25-13-16(21)23-6-24-17(13)30/h3,6-7,9-12,14-15,19,31-32H,2,4-5H2,1H3,(H,35,36)(H,37,38)(H,39,40)(H,41,42)(H,43,44)(H2,21,23,24)(H,26,33,34)/t9-,10-,11-,12-,14+,15+,19+/m1/s1. The van der Waals surface area contributed by atoms with Crippen LogP contribution in [-0.2, 0) is 58.6 Å². The van der Waals surface area contributed by atoms with Gasteiger partial charge in [-0.3, -0.25) is 28.0 Å². The number of nitrogens with two attached hydrogens (primary N) is 1. The first-order chi connectivity index (χ1) is 26.3. The van der Waals surface area contributed by atoms with Crippen molar-refractivity contribution in [1.29, 1.82) is 0 Å². The number of aliphatic hydroxyl groups is 2. The van der Waals surface area contributed by atoms with Crippen LogP contribution in [0.5, 0.6) is 0 Å². The van der Waals surface area contributed by atoms with Gasteiger partial charge in [0.2, 0.25) is 0 Å². The number of aromatic nitrogens is 6. The number of ether oxygens (including phenoxy) is 2. The van der Waals surface area contributed by atoms with Crippen molar-refractivity contribution in [1.82, 2.24) is 29.1 Å². The van der Waals surface area contributed by atoms with Crippen LogP contribution in [0.1, 0.15) is 24.4 Å².